The first-order valence-electron chi connectivity index (χ1n) is 9.52. The van der Waals surface area contributed by atoms with Crippen molar-refractivity contribution in [2.24, 2.45) is 0 Å². The van der Waals surface area contributed by atoms with Crippen LogP contribution in [0.3, 0.4) is 0 Å². The van der Waals surface area contributed by atoms with Gasteiger partial charge in [0.15, 0.2) is 0 Å². The van der Waals surface area contributed by atoms with E-state index in [2.05, 4.69) is 17.1 Å². The monoisotopic (exact) mass is 361 g/mol. The largest absolute Gasteiger partial charge is 0.336 e. The molecule has 5 nitrogen and oxygen atoms in total. The molecule has 1 saturated heterocycles. The van der Waals surface area contributed by atoms with Gasteiger partial charge in [0.2, 0.25) is 5.91 Å². The van der Waals surface area contributed by atoms with E-state index in [-0.39, 0.29) is 17.5 Å². The van der Waals surface area contributed by atoms with Gasteiger partial charge in [-0.05, 0) is 37.0 Å². The van der Waals surface area contributed by atoms with E-state index in [0.29, 0.717) is 30.3 Å². The number of likely N-dealkylation sites (tertiary alicyclic amines) is 1. The van der Waals surface area contributed by atoms with Gasteiger partial charge in [-0.3, -0.25) is 14.2 Å². The highest BCUT2D eigenvalue weighted by molar-refractivity contribution is 5.77. The molecule has 0 N–H and O–H groups in total. The second-order valence-corrected chi connectivity index (χ2v) is 7.02. The fourth-order valence-corrected chi connectivity index (χ4v) is 3.90. The Hall–Kier alpha value is -2.95. The van der Waals surface area contributed by atoms with Crippen LogP contribution in [0.2, 0.25) is 0 Å². The lowest BCUT2D eigenvalue weighted by Crippen LogP contribution is -2.30. The predicted octanol–water partition coefficient (Wildman–Crippen LogP) is 3.54. The number of rotatable bonds is 5. The van der Waals surface area contributed by atoms with Crippen LogP contribution >= 0.6 is 0 Å². The van der Waals surface area contributed by atoms with E-state index < -0.39 is 0 Å². The van der Waals surface area contributed by atoms with Crippen LogP contribution in [0.5, 0.6) is 0 Å². The lowest BCUT2D eigenvalue weighted by molar-refractivity contribution is -0.132. The summed E-state index contributed by atoms with van der Waals surface area (Å²) in [5, 5.41) is 0.620. The van der Waals surface area contributed by atoms with Crippen molar-refractivity contribution in [2.45, 2.75) is 38.3 Å². The molecule has 138 valence electrons. The van der Waals surface area contributed by atoms with Crippen molar-refractivity contribution >= 4 is 16.8 Å². The van der Waals surface area contributed by atoms with Gasteiger partial charge < -0.3 is 4.90 Å². The van der Waals surface area contributed by atoms with Crippen LogP contribution in [0.1, 0.15) is 37.3 Å². The molecule has 1 amide bonds. The van der Waals surface area contributed by atoms with Crippen LogP contribution in [0.15, 0.2) is 65.7 Å². The van der Waals surface area contributed by atoms with Gasteiger partial charge in [-0.15, -0.1) is 0 Å². The Labute approximate surface area is 158 Å². The van der Waals surface area contributed by atoms with Crippen molar-refractivity contribution in [3.8, 4) is 0 Å². The van der Waals surface area contributed by atoms with E-state index in [4.69, 9.17) is 0 Å². The van der Waals surface area contributed by atoms with Crippen LogP contribution in [-0.2, 0) is 11.3 Å². The maximum atomic E-state index is 12.7. The molecular weight excluding hydrogens is 338 g/mol. The lowest BCUT2D eigenvalue weighted by atomic mass is 10.0. The second kappa shape index (κ2) is 7.74. The molecule has 0 aliphatic carbocycles. The summed E-state index contributed by atoms with van der Waals surface area (Å²) in [7, 11) is 0. The summed E-state index contributed by atoms with van der Waals surface area (Å²) in [6, 6.07) is 17.8. The zero-order chi connectivity index (χ0) is 18.6. The Kier molecular flexibility index (Phi) is 5.01. The lowest BCUT2D eigenvalue weighted by Gasteiger charge is -2.25. The molecule has 4 rings (SSSR count). The summed E-state index contributed by atoms with van der Waals surface area (Å²) in [4.78, 5) is 31.6. The third-order valence-electron chi connectivity index (χ3n) is 5.28. The molecule has 0 radical (unpaired) electrons. The topological polar surface area (TPSA) is 55.2 Å². The Morgan fingerprint density at radius 1 is 1.07 bits per heavy atom. The van der Waals surface area contributed by atoms with Gasteiger partial charge in [-0.1, -0.05) is 42.5 Å². The summed E-state index contributed by atoms with van der Waals surface area (Å²) >= 11 is 0. The first kappa shape index (κ1) is 17.5. The van der Waals surface area contributed by atoms with Crippen molar-refractivity contribution in [3.63, 3.8) is 0 Å². The highest BCUT2D eigenvalue weighted by Crippen LogP contribution is 2.32. The molecule has 0 unspecified atom stereocenters. The summed E-state index contributed by atoms with van der Waals surface area (Å²) in [6.07, 6.45) is 4.72. The molecule has 1 atom stereocenters. The van der Waals surface area contributed by atoms with E-state index in [9.17, 15) is 9.59 Å². The van der Waals surface area contributed by atoms with E-state index in [0.717, 1.165) is 19.4 Å². The number of aromatic nitrogens is 2. The van der Waals surface area contributed by atoms with E-state index >= 15 is 0 Å². The maximum Gasteiger partial charge on any atom is 0.261 e. The van der Waals surface area contributed by atoms with Crippen molar-refractivity contribution < 1.29 is 4.79 Å². The first-order valence-corrected chi connectivity index (χ1v) is 9.52. The molecule has 0 saturated carbocycles. The molecule has 1 aromatic heterocycles. The minimum Gasteiger partial charge on any atom is -0.336 e. The van der Waals surface area contributed by atoms with Crippen molar-refractivity contribution in [1.29, 1.82) is 0 Å². The highest BCUT2D eigenvalue weighted by atomic mass is 16.2. The van der Waals surface area contributed by atoms with Gasteiger partial charge in [0.25, 0.3) is 5.56 Å². The Bertz CT molecular complexity index is 997. The normalized spacial score (nSPS) is 16.7. The first-order chi connectivity index (χ1) is 13.2. The standard InChI is InChI=1S/C22H23N3O2/c26-21(25-15-6-12-20(25)17-8-2-1-3-9-17)13-7-14-24-16-23-19-11-5-4-10-18(19)22(24)27/h1-5,8-11,16,20H,6-7,12-15H2/t20-/m0/s1. The average Bonchev–Trinajstić information content (AvgIpc) is 3.20. The summed E-state index contributed by atoms with van der Waals surface area (Å²) in [6.45, 7) is 1.32. The number of benzene rings is 2. The summed E-state index contributed by atoms with van der Waals surface area (Å²) in [5.41, 5.74) is 1.87. The minimum absolute atomic E-state index is 0.0450. The Balaban J connectivity index is 1.40. The van der Waals surface area contributed by atoms with Gasteiger partial charge in [0, 0.05) is 19.5 Å². The van der Waals surface area contributed by atoms with Crippen molar-refractivity contribution in [3.05, 3.63) is 76.8 Å². The van der Waals surface area contributed by atoms with Gasteiger partial charge >= 0.3 is 0 Å². The van der Waals surface area contributed by atoms with Crippen LogP contribution in [0, 0.1) is 0 Å². The number of aryl methyl sites for hydroxylation is 1. The minimum atomic E-state index is -0.0450. The number of amides is 1. The molecule has 1 fully saturated rings. The Morgan fingerprint density at radius 3 is 2.70 bits per heavy atom. The number of para-hydroxylation sites is 1. The SMILES string of the molecule is O=C(CCCn1cnc2ccccc2c1=O)N1CCC[C@H]1c1ccccc1. The zero-order valence-corrected chi connectivity index (χ0v) is 15.3. The van der Waals surface area contributed by atoms with E-state index in [1.54, 1.807) is 17.0 Å². The van der Waals surface area contributed by atoms with E-state index in [1.807, 2.05) is 41.3 Å². The third-order valence-corrected chi connectivity index (χ3v) is 5.28. The van der Waals surface area contributed by atoms with Gasteiger partial charge in [0.05, 0.1) is 23.3 Å². The van der Waals surface area contributed by atoms with Crippen LogP contribution in [-0.4, -0.2) is 26.9 Å². The molecule has 1 aliphatic heterocycles. The molecule has 1 aliphatic rings. The number of nitrogens with zero attached hydrogens (tertiary/aromatic N) is 3. The number of carbonyl (C=O) groups excluding carboxylic acids is 1. The van der Waals surface area contributed by atoms with Gasteiger partial charge in [0.1, 0.15) is 0 Å². The fraction of sp³-hybridized carbons (Fsp3) is 0.318. The maximum absolute atomic E-state index is 12.7. The number of carbonyl (C=O) groups is 1. The number of hydrogen-bond donors (Lipinski definition) is 0. The summed E-state index contributed by atoms with van der Waals surface area (Å²) < 4.78 is 1.61. The number of fused-ring (bicyclic) bond motifs is 1. The molecule has 0 bridgehead atoms. The van der Waals surface area contributed by atoms with Crippen LogP contribution in [0.4, 0.5) is 0 Å². The molecule has 5 heteroatoms. The number of hydrogen-bond acceptors (Lipinski definition) is 3. The summed E-state index contributed by atoms with van der Waals surface area (Å²) in [5.74, 6) is 0.170. The Morgan fingerprint density at radius 2 is 1.85 bits per heavy atom. The molecule has 0 spiro atoms. The molecule has 27 heavy (non-hydrogen) atoms. The third kappa shape index (κ3) is 3.63. The van der Waals surface area contributed by atoms with Crippen LogP contribution < -0.4 is 5.56 Å². The smallest absolute Gasteiger partial charge is 0.261 e. The van der Waals surface area contributed by atoms with Crippen molar-refractivity contribution in [2.75, 3.05) is 6.54 Å². The van der Waals surface area contributed by atoms with Crippen LogP contribution in [0.25, 0.3) is 10.9 Å². The quantitative estimate of drug-likeness (QED) is 0.698. The fourth-order valence-electron chi connectivity index (χ4n) is 3.90. The molecule has 2 aromatic carbocycles. The second-order valence-electron chi connectivity index (χ2n) is 7.02. The predicted molar refractivity (Wildman–Crippen MR) is 105 cm³/mol. The average molecular weight is 361 g/mol. The van der Waals surface area contributed by atoms with Crippen molar-refractivity contribution in [1.82, 2.24) is 14.5 Å². The molecule has 3 aromatic rings. The van der Waals surface area contributed by atoms with Gasteiger partial charge in [-0.25, -0.2) is 4.98 Å². The molecule has 2 heterocycles. The van der Waals surface area contributed by atoms with Gasteiger partial charge in [-0.2, -0.15) is 0 Å². The zero-order valence-electron chi connectivity index (χ0n) is 15.3. The molecular formula is C22H23N3O2. The van der Waals surface area contributed by atoms with E-state index in [1.165, 1.54) is 5.56 Å². The highest BCUT2D eigenvalue weighted by Gasteiger charge is 2.29.